The number of nitro groups is 1. The Labute approximate surface area is 116 Å². The minimum atomic E-state index is -3.85. The normalized spacial score (nSPS) is 20.1. The van der Waals surface area contributed by atoms with Crippen molar-refractivity contribution in [2.45, 2.75) is 23.8 Å². The van der Waals surface area contributed by atoms with Crippen molar-refractivity contribution in [3.8, 4) is 0 Å². The third kappa shape index (κ3) is 2.47. The molecule has 1 aliphatic rings. The molecule has 1 fully saturated rings. The van der Waals surface area contributed by atoms with Crippen LogP contribution >= 0.6 is 0 Å². The van der Waals surface area contributed by atoms with E-state index in [4.69, 9.17) is 5.73 Å². The first kappa shape index (κ1) is 14.7. The molecular formula is C11H15N3O5S. The lowest BCUT2D eigenvalue weighted by Gasteiger charge is -2.23. The van der Waals surface area contributed by atoms with Crippen molar-refractivity contribution >= 4 is 21.4 Å². The number of hydrogen-bond acceptors (Lipinski definition) is 6. The van der Waals surface area contributed by atoms with Gasteiger partial charge in [0, 0.05) is 24.7 Å². The number of nitrogens with zero attached hydrogens (tertiary/aromatic N) is 2. The van der Waals surface area contributed by atoms with Crippen molar-refractivity contribution in [3.63, 3.8) is 0 Å². The molecule has 0 amide bonds. The van der Waals surface area contributed by atoms with Gasteiger partial charge in [-0.15, -0.1) is 0 Å². The van der Waals surface area contributed by atoms with E-state index in [1.165, 1.54) is 4.31 Å². The molecule has 1 aliphatic heterocycles. The van der Waals surface area contributed by atoms with E-state index in [9.17, 15) is 23.6 Å². The highest BCUT2D eigenvalue weighted by Gasteiger charge is 2.36. The first-order valence-corrected chi connectivity index (χ1v) is 7.48. The zero-order chi connectivity index (χ0) is 14.9. The van der Waals surface area contributed by atoms with Crippen LogP contribution in [0.3, 0.4) is 0 Å². The summed E-state index contributed by atoms with van der Waals surface area (Å²) in [5, 5.41) is 19.8. The maximum absolute atomic E-state index is 12.5. The molecule has 1 unspecified atom stereocenters. The lowest BCUT2D eigenvalue weighted by Crippen LogP contribution is -2.37. The number of sulfonamides is 1. The Hall–Kier alpha value is -1.71. The zero-order valence-electron chi connectivity index (χ0n) is 10.6. The van der Waals surface area contributed by atoms with Crippen LogP contribution in [0.4, 0.5) is 11.4 Å². The predicted octanol–water partition coefficient (Wildman–Crippen LogP) is 0.322. The van der Waals surface area contributed by atoms with Gasteiger partial charge in [0.2, 0.25) is 10.0 Å². The second-order valence-corrected chi connectivity index (χ2v) is 6.43. The predicted molar refractivity (Wildman–Crippen MR) is 71.5 cm³/mol. The molecule has 0 bridgehead atoms. The smallest absolute Gasteiger partial charge is 0.271 e. The molecule has 1 aromatic carbocycles. The monoisotopic (exact) mass is 301 g/mol. The number of anilines is 1. The Morgan fingerprint density at radius 3 is 2.75 bits per heavy atom. The molecule has 1 heterocycles. The van der Waals surface area contributed by atoms with Gasteiger partial charge in [-0.05, 0) is 18.9 Å². The quantitative estimate of drug-likeness (QED) is 0.468. The fourth-order valence-corrected chi connectivity index (χ4v) is 4.10. The van der Waals surface area contributed by atoms with E-state index in [1.54, 1.807) is 0 Å². The van der Waals surface area contributed by atoms with Crippen molar-refractivity contribution in [2.75, 3.05) is 18.9 Å². The highest BCUT2D eigenvalue weighted by Crippen LogP contribution is 2.30. The Bertz CT molecular complexity index is 631. The van der Waals surface area contributed by atoms with E-state index in [1.807, 2.05) is 0 Å². The van der Waals surface area contributed by atoms with Crippen LogP contribution in [0.1, 0.15) is 12.8 Å². The summed E-state index contributed by atoms with van der Waals surface area (Å²) in [6.45, 7) is 0.0517. The molecule has 110 valence electrons. The largest absolute Gasteiger partial charge is 0.397 e. The van der Waals surface area contributed by atoms with E-state index in [0.717, 1.165) is 18.2 Å². The number of benzene rings is 1. The van der Waals surface area contributed by atoms with Crippen LogP contribution < -0.4 is 5.73 Å². The summed E-state index contributed by atoms with van der Waals surface area (Å²) in [6, 6.07) is 2.80. The summed E-state index contributed by atoms with van der Waals surface area (Å²) in [5.74, 6) is 0. The molecule has 8 nitrogen and oxygen atoms in total. The van der Waals surface area contributed by atoms with Crippen LogP contribution in [0.25, 0.3) is 0 Å². The van der Waals surface area contributed by atoms with Crippen LogP contribution in [0.2, 0.25) is 0 Å². The van der Waals surface area contributed by atoms with Crippen molar-refractivity contribution < 1.29 is 18.4 Å². The van der Waals surface area contributed by atoms with E-state index in [0.29, 0.717) is 19.4 Å². The molecule has 0 radical (unpaired) electrons. The van der Waals surface area contributed by atoms with Crippen molar-refractivity contribution in [1.29, 1.82) is 0 Å². The van der Waals surface area contributed by atoms with Gasteiger partial charge in [0.15, 0.2) is 0 Å². The molecule has 3 N–H and O–H groups in total. The minimum Gasteiger partial charge on any atom is -0.397 e. The molecule has 0 spiro atoms. The molecule has 1 aromatic rings. The van der Waals surface area contributed by atoms with E-state index >= 15 is 0 Å². The Balaban J connectivity index is 2.42. The second kappa shape index (κ2) is 5.35. The van der Waals surface area contributed by atoms with Gasteiger partial charge in [-0.3, -0.25) is 10.1 Å². The second-order valence-electron chi connectivity index (χ2n) is 4.57. The number of nitro benzene ring substituents is 1. The highest BCUT2D eigenvalue weighted by atomic mass is 32.2. The van der Waals surface area contributed by atoms with Gasteiger partial charge in [-0.2, -0.15) is 4.31 Å². The number of non-ortho nitro benzene ring substituents is 1. The fraction of sp³-hybridized carbons (Fsp3) is 0.455. The summed E-state index contributed by atoms with van der Waals surface area (Å²) in [7, 11) is -3.85. The van der Waals surface area contributed by atoms with Gasteiger partial charge >= 0.3 is 0 Å². The number of aliphatic hydroxyl groups is 1. The summed E-state index contributed by atoms with van der Waals surface area (Å²) >= 11 is 0. The zero-order valence-corrected chi connectivity index (χ0v) is 11.4. The first-order chi connectivity index (χ1) is 9.37. The van der Waals surface area contributed by atoms with Crippen LogP contribution in [-0.2, 0) is 10.0 Å². The average molecular weight is 301 g/mol. The van der Waals surface area contributed by atoms with E-state index in [2.05, 4.69) is 0 Å². The number of nitrogen functional groups attached to an aromatic ring is 1. The Morgan fingerprint density at radius 1 is 1.50 bits per heavy atom. The summed E-state index contributed by atoms with van der Waals surface area (Å²) in [5.41, 5.74) is 5.20. The maximum Gasteiger partial charge on any atom is 0.271 e. The Morgan fingerprint density at radius 2 is 2.20 bits per heavy atom. The highest BCUT2D eigenvalue weighted by molar-refractivity contribution is 7.89. The third-order valence-corrected chi connectivity index (χ3v) is 5.35. The fourth-order valence-electron chi connectivity index (χ4n) is 2.32. The average Bonchev–Trinajstić information content (AvgIpc) is 2.87. The van der Waals surface area contributed by atoms with E-state index in [-0.39, 0.29) is 22.9 Å². The van der Waals surface area contributed by atoms with E-state index < -0.39 is 21.0 Å². The lowest BCUT2D eigenvalue weighted by molar-refractivity contribution is -0.384. The van der Waals surface area contributed by atoms with Crippen molar-refractivity contribution in [2.24, 2.45) is 0 Å². The molecule has 0 aromatic heterocycles. The molecule has 20 heavy (non-hydrogen) atoms. The molecule has 1 atom stereocenters. The molecular weight excluding hydrogens is 286 g/mol. The summed E-state index contributed by atoms with van der Waals surface area (Å²) < 4.78 is 26.1. The summed E-state index contributed by atoms with van der Waals surface area (Å²) in [6.07, 6.45) is 1.25. The van der Waals surface area contributed by atoms with Crippen LogP contribution in [0.15, 0.2) is 23.1 Å². The maximum atomic E-state index is 12.5. The first-order valence-electron chi connectivity index (χ1n) is 6.04. The van der Waals surface area contributed by atoms with Gasteiger partial charge in [0.1, 0.15) is 4.90 Å². The van der Waals surface area contributed by atoms with Crippen LogP contribution in [-0.4, -0.2) is 41.9 Å². The van der Waals surface area contributed by atoms with Crippen LogP contribution in [0.5, 0.6) is 0 Å². The number of hydrogen-bond donors (Lipinski definition) is 2. The third-order valence-electron chi connectivity index (χ3n) is 3.32. The van der Waals surface area contributed by atoms with Gasteiger partial charge in [0.05, 0.1) is 17.2 Å². The minimum absolute atomic E-state index is 0.163. The SMILES string of the molecule is Nc1cc([N+](=O)[O-])ccc1S(=O)(=O)N1CCCC1CO. The number of nitrogens with two attached hydrogens (primary N) is 1. The molecule has 0 aliphatic carbocycles. The van der Waals surface area contributed by atoms with Gasteiger partial charge in [-0.1, -0.05) is 0 Å². The van der Waals surface area contributed by atoms with Crippen molar-refractivity contribution in [1.82, 2.24) is 4.31 Å². The van der Waals surface area contributed by atoms with Crippen molar-refractivity contribution in [3.05, 3.63) is 28.3 Å². The molecule has 1 saturated heterocycles. The topological polar surface area (TPSA) is 127 Å². The molecule has 2 rings (SSSR count). The molecule has 9 heteroatoms. The number of aliphatic hydroxyl groups excluding tert-OH is 1. The molecule has 0 saturated carbocycles. The summed E-state index contributed by atoms with van der Waals surface area (Å²) in [4.78, 5) is 9.82. The van der Waals surface area contributed by atoms with Crippen LogP contribution in [0, 0.1) is 10.1 Å². The standard InChI is InChI=1S/C11H15N3O5S/c12-10-6-8(14(16)17)3-4-11(10)20(18,19)13-5-1-2-9(13)7-15/h3-4,6,9,15H,1-2,5,7,12H2. The lowest BCUT2D eigenvalue weighted by atomic mass is 10.2. The Kier molecular flexibility index (Phi) is 3.93. The number of rotatable bonds is 4. The van der Waals surface area contributed by atoms with Gasteiger partial charge < -0.3 is 10.8 Å². The van der Waals surface area contributed by atoms with Gasteiger partial charge in [-0.25, -0.2) is 8.42 Å². The van der Waals surface area contributed by atoms with Gasteiger partial charge in [0.25, 0.3) is 5.69 Å².